The second kappa shape index (κ2) is 4.00. The van der Waals surface area contributed by atoms with E-state index in [0.29, 0.717) is 0 Å². The summed E-state index contributed by atoms with van der Waals surface area (Å²) in [5.74, 6) is 6.15. The second-order valence-corrected chi connectivity index (χ2v) is 5.81. The standard InChI is InChI=1S/C19H18/c1-5-6-14-8-10-16-15-9-7-13(2)11-17(15)19(3,4)18(16)12-14/h7-12H,1-4H3. The highest BCUT2D eigenvalue weighted by atomic mass is 14.4. The highest BCUT2D eigenvalue weighted by Gasteiger charge is 2.35. The van der Waals surface area contributed by atoms with Gasteiger partial charge in [-0.1, -0.05) is 49.6 Å². The molecule has 0 nitrogen and oxygen atoms in total. The first-order valence-corrected chi connectivity index (χ1v) is 6.73. The van der Waals surface area contributed by atoms with Crippen LogP contribution in [0.25, 0.3) is 11.1 Å². The normalized spacial score (nSPS) is 14.3. The molecule has 0 atom stereocenters. The van der Waals surface area contributed by atoms with Crippen molar-refractivity contribution in [3.63, 3.8) is 0 Å². The van der Waals surface area contributed by atoms with Gasteiger partial charge >= 0.3 is 0 Å². The zero-order chi connectivity index (χ0) is 13.6. The predicted molar refractivity (Wildman–Crippen MR) is 81.3 cm³/mol. The van der Waals surface area contributed by atoms with E-state index in [1.54, 1.807) is 0 Å². The van der Waals surface area contributed by atoms with Crippen LogP contribution in [0.5, 0.6) is 0 Å². The molecule has 1 aliphatic rings. The molecule has 0 spiro atoms. The number of hydrogen-bond acceptors (Lipinski definition) is 0. The summed E-state index contributed by atoms with van der Waals surface area (Å²) in [7, 11) is 0. The van der Waals surface area contributed by atoms with E-state index in [1.807, 2.05) is 6.92 Å². The lowest BCUT2D eigenvalue weighted by Crippen LogP contribution is -2.15. The predicted octanol–water partition coefficient (Wildman–Crippen LogP) is 4.67. The van der Waals surface area contributed by atoms with E-state index in [2.05, 4.69) is 69.0 Å². The maximum absolute atomic E-state index is 3.16. The van der Waals surface area contributed by atoms with Gasteiger partial charge in [-0.3, -0.25) is 0 Å². The molecule has 0 radical (unpaired) electrons. The van der Waals surface area contributed by atoms with Crippen molar-refractivity contribution in [2.45, 2.75) is 33.1 Å². The topological polar surface area (TPSA) is 0 Å². The molecule has 0 aromatic heterocycles. The SMILES string of the molecule is CC#Cc1ccc2c(c1)C(C)(C)c1cc(C)ccc1-2. The van der Waals surface area contributed by atoms with Crippen LogP contribution in [0.3, 0.4) is 0 Å². The van der Waals surface area contributed by atoms with Gasteiger partial charge in [0.1, 0.15) is 0 Å². The van der Waals surface area contributed by atoms with Crippen molar-refractivity contribution in [1.29, 1.82) is 0 Å². The molecule has 3 rings (SSSR count). The van der Waals surface area contributed by atoms with Crippen molar-refractivity contribution in [3.05, 3.63) is 58.7 Å². The maximum atomic E-state index is 3.16. The van der Waals surface area contributed by atoms with Gasteiger partial charge in [-0.15, -0.1) is 5.92 Å². The highest BCUT2D eigenvalue weighted by Crippen LogP contribution is 2.48. The van der Waals surface area contributed by atoms with Gasteiger partial charge in [0.25, 0.3) is 0 Å². The molecule has 2 aromatic rings. The average molecular weight is 246 g/mol. The smallest absolute Gasteiger partial charge is 0.0248 e. The number of aryl methyl sites for hydroxylation is 1. The third-order valence-electron chi connectivity index (χ3n) is 4.10. The molecule has 1 aliphatic carbocycles. The maximum Gasteiger partial charge on any atom is 0.0248 e. The molecule has 19 heavy (non-hydrogen) atoms. The lowest BCUT2D eigenvalue weighted by molar-refractivity contribution is 0.659. The Morgan fingerprint density at radius 3 is 2.21 bits per heavy atom. The van der Waals surface area contributed by atoms with Gasteiger partial charge in [0.2, 0.25) is 0 Å². The van der Waals surface area contributed by atoms with Crippen LogP contribution in [0.1, 0.15) is 43.0 Å². The molecule has 0 saturated heterocycles. The number of fused-ring (bicyclic) bond motifs is 3. The van der Waals surface area contributed by atoms with Crippen LogP contribution >= 0.6 is 0 Å². The zero-order valence-electron chi connectivity index (χ0n) is 12.0. The highest BCUT2D eigenvalue weighted by molar-refractivity contribution is 5.81. The summed E-state index contributed by atoms with van der Waals surface area (Å²) in [5, 5.41) is 0. The minimum atomic E-state index is 0.0715. The Bertz CT molecular complexity index is 721. The Hall–Kier alpha value is -2.00. The van der Waals surface area contributed by atoms with Crippen molar-refractivity contribution in [1.82, 2.24) is 0 Å². The third kappa shape index (κ3) is 1.70. The third-order valence-corrected chi connectivity index (χ3v) is 4.10. The van der Waals surface area contributed by atoms with Crippen molar-refractivity contribution in [2.24, 2.45) is 0 Å². The van der Waals surface area contributed by atoms with Crippen molar-refractivity contribution in [3.8, 4) is 23.0 Å². The van der Waals surface area contributed by atoms with Gasteiger partial charge in [-0.05, 0) is 48.2 Å². The van der Waals surface area contributed by atoms with Crippen LogP contribution in [-0.2, 0) is 5.41 Å². The molecule has 0 N–H and O–H groups in total. The molecule has 2 aromatic carbocycles. The van der Waals surface area contributed by atoms with E-state index in [0.717, 1.165) is 5.56 Å². The van der Waals surface area contributed by atoms with Crippen molar-refractivity contribution >= 4 is 0 Å². The first-order valence-electron chi connectivity index (χ1n) is 6.73. The molecule has 0 fully saturated rings. The van der Waals surface area contributed by atoms with E-state index >= 15 is 0 Å². The molecular weight excluding hydrogens is 228 g/mol. The molecule has 0 unspecified atom stereocenters. The molecule has 94 valence electrons. The van der Waals surface area contributed by atoms with Crippen molar-refractivity contribution in [2.75, 3.05) is 0 Å². The van der Waals surface area contributed by atoms with E-state index in [4.69, 9.17) is 0 Å². The number of benzene rings is 2. The number of rotatable bonds is 0. The lowest BCUT2D eigenvalue weighted by atomic mass is 9.81. The monoisotopic (exact) mass is 246 g/mol. The summed E-state index contributed by atoms with van der Waals surface area (Å²) < 4.78 is 0. The number of hydrogen-bond donors (Lipinski definition) is 0. The fourth-order valence-corrected chi connectivity index (χ4v) is 3.07. The summed E-state index contributed by atoms with van der Waals surface area (Å²) in [4.78, 5) is 0. The largest absolute Gasteiger partial charge is 0.101 e. The van der Waals surface area contributed by atoms with Crippen LogP contribution < -0.4 is 0 Å². The minimum absolute atomic E-state index is 0.0715. The average Bonchev–Trinajstić information content (AvgIpc) is 2.59. The second-order valence-electron chi connectivity index (χ2n) is 5.81. The molecule has 0 amide bonds. The molecule has 0 bridgehead atoms. The van der Waals surface area contributed by atoms with Crippen LogP contribution in [0.4, 0.5) is 0 Å². The van der Waals surface area contributed by atoms with Crippen molar-refractivity contribution < 1.29 is 0 Å². The fraction of sp³-hybridized carbons (Fsp3) is 0.263. The first kappa shape index (κ1) is 12.1. The fourth-order valence-electron chi connectivity index (χ4n) is 3.07. The van der Waals surface area contributed by atoms with Gasteiger partial charge in [-0.25, -0.2) is 0 Å². The quantitative estimate of drug-likeness (QED) is 0.592. The summed E-state index contributed by atoms with van der Waals surface area (Å²) in [6, 6.07) is 13.4. The molecule has 0 heterocycles. The molecule has 0 saturated carbocycles. The van der Waals surface area contributed by atoms with E-state index < -0.39 is 0 Å². The van der Waals surface area contributed by atoms with Crippen LogP contribution in [-0.4, -0.2) is 0 Å². The summed E-state index contributed by atoms with van der Waals surface area (Å²) in [5.41, 5.74) is 8.08. The summed E-state index contributed by atoms with van der Waals surface area (Å²) in [6.07, 6.45) is 0. The molecule has 0 aliphatic heterocycles. The first-order chi connectivity index (χ1) is 9.04. The summed E-state index contributed by atoms with van der Waals surface area (Å²) in [6.45, 7) is 8.66. The van der Waals surface area contributed by atoms with Gasteiger partial charge in [0.05, 0.1) is 0 Å². The Labute approximate surface area is 115 Å². The van der Waals surface area contributed by atoms with Crippen LogP contribution in [0.15, 0.2) is 36.4 Å². The van der Waals surface area contributed by atoms with Gasteiger partial charge < -0.3 is 0 Å². The Morgan fingerprint density at radius 2 is 1.53 bits per heavy atom. The van der Waals surface area contributed by atoms with Crippen LogP contribution in [0.2, 0.25) is 0 Å². The van der Waals surface area contributed by atoms with E-state index in [-0.39, 0.29) is 5.41 Å². The van der Waals surface area contributed by atoms with Gasteiger partial charge in [-0.2, -0.15) is 0 Å². The zero-order valence-corrected chi connectivity index (χ0v) is 12.0. The Kier molecular flexibility index (Phi) is 2.54. The minimum Gasteiger partial charge on any atom is -0.101 e. The van der Waals surface area contributed by atoms with Crippen LogP contribution in [0, 0.1) is 18.8 Å². The molecular formula is C19H18. The van der Waals surface area contributed by atoms with Gasteiger partial charge in [0, 0.05) is 11.0 Å². The summed E-state index contributed by atoms with van der Waals surface area (Å²) >= 11 is 0. The van der Waals surface area contributed by atoms with Gasteiger partial charge in [0.15, 0.2) is 0 Å². The van der Waals surface area contributed by atoms with E-state index in [1.165, 1.54) is 27.8 Å². The Morgan fingerprint density at radius 1 is 0.895 bits per heavy atom. The molecule has 0 heteroatoms. The lowest BCUT2D eigenvalue weighted by Gasteiger charge is -2.21. The Balaban J connectivity index is 2.29. The van der Waals surface area contributed by atoms with E-state index in [9.17, 15) is 0 Å².